The topological polar surface area (TPSA) is 3.24 Å². The zero-order chi connectivity index (χ0) is 9.80. The van der Waals surface area contributed by atoms with Crippen molar-refractivity contribution in [3.8, 4) is 0 Å². The minimum atomic E-state index is 1.01. The fourth-order valence-electron chi connectivity index (χ4n) is 1.73. The highest BCUT2D eigenvalue weighted by Gasteiger charge is 2.12. The van der Waals surface area contributed by atoms with E-state index in [9.17, 15) is 0 Å². The molecule has 1 aliphatic heterocycles. The van der Waals surface area contributed by atoms with Crippen molar-refractivity contribution in [1.29, 1.82) is 0 Å². The van der Waals surface area contributed by atoms with Crippen molar-refractivity contribution in [2.24, 2.45) is 0 Å². The summed E-state index contributed by atoms with van der Waals surface area (Å²) in [7, 11) is 0. The van der Waals surface area contributed by atoms with E-state index in [2.05, 4.69) is 57.2 Å². The molecule has 0 aromatic heterocycles. The van der Waals surface area contributed by atoms with Crippen molar-refractivity contribution in [1.82, 2.24) is 4.90 Å². The van der Waals surface area contributed by atoms with Gasteiger partial charge >= 0.3 is 0 Å². The SMILES string of the molecule is BrCC1=CCN(Cc2ccccc2)C1. The third-order valence-corrected chi connectivity index (χ3v) is 3.21. The normalized spacial score (nSPS) is 17.1. The molecule has 1 nitrogen and oxygen atoms in total. The van der Waals surface area contributed by atoms with Crippen LogP contribution in [0.15, 0.2) is 42.0 Å². The minimum absolute atomic E-state index is 1.01. The summed E-state index contributed by atoms with van der Waals surface area (Å²) in [6.45, 7) is 3.27. The fourth-order valence-corrected chi connectivity index (χ4v) is 2.14. The maximum atomic E-state index is 3.49. The van der Waals surface area contributed by atoms with Crippen LogP contribution in [0.3, 0.4) is 0 Å². The van der Waals surface area contributed by atoms with Gasteiger partial charge in [-0.25, -0.2) is 0 Å². The zero-order valence-electron chi connectivity index (χ0n) is 8.12. The first kappa shape index (κ1) is 9.94. The Morgan fingerprint density at radius 2 is 2.00 bits per heavy atom. The number of hydrogen-bond acceptors (Lipinski definition) is 1. The average molecular weight is 252 g/mol. The first-order valence-electron chi connectivity index (χ1n) is 4.88. The maximum Gasteiger partial charge on any atom is 0.0255 e. The summed E-state index contributed by atoms with van der Waals surface area (Å²) in [5, 5.41) is 1.01. The van der Waals surface area contributed by atoms with Gasteiger partial charge in [0.15, 0.2) is 0 Å². The van der Waals surface area contributed by atoms with E-state index in [0.29, 0.717) is 0 Å². The molecule has 0 aliphatic carbocycles. The van der Waals surface area contributed by atoms with E-state index < -0.39 is 0 Å². The van der Waals surface area contributed by atoms with Gasteiger partial charge in [0, 0.05) is 25.0 Å². The molecule has 0 amide bonds. The van der Waals surface area contributed by atoms with Gasteiger partial charge in [-0.2, -0.15) is 0 Å². The van der Waals surface area contributed by atoms with Crippen LogP contribution in [0.2, 0.25) is 0 Å². The van der Waals surface area contributed by atoms with Gasteiger partial charge in [-0.1, -0.05) is 52.3 Å². The lowest BCUT2D eigenvalue weighted by atomic mass is 10.2. The van der Waals surface area contributed by atoms with E-state index in [1.807, 2.05) is 0 Å². The molecule has 0 spiro atoms. The molecule has 2 rings (SSSR count). The first-order chi connectivity index (χ1) is 6.88. The molecule has 2 heteroatoms. The molecular weight excluding hydrogens is 238 g/mol. The highest BCUT2D eigenvalue weighted by atomic mass is 79.9. The number of hydrogen-bond donors (Lipinski definition) is 0. The quantitative estimate of drug-likeness (QED) is 0.590. The number of benzene rings is 1. The highest BCUT2D eigenvalue weighted by molar-refractivity contribution is 9.09. The smallest absolute Gasteiger partial charge is 0.0255 e. The Kier molecular flexibility index (Phi) is 3.38. The molecule has 1 aliphatic rings. The van der Waals surface area contributed by atoms with Crippen molar-refractivity contribution < 1.29 is 0 Å². The third-order valence-electron chi connectivity index (χ3n) is 2.49. The standard InChI is InChI=1S/C12H14BrN/c13-8-12-6-7-14(10-12)9-11-4-2-1-3-5-11/h1-6H,7-10H2. The molecular formula is C12H14BrN. The summed E-state index contributed by atoms with van der Waals surface area (Å²) in [6, 6.07) is 10.6. The van der Waals surface area contributed by atoms with Crippen LogP contribution in [0.1, 0.15) is 5.56 Å². The molecule has 1 aromatic carbocycles. The second-order valence-corrected chi connectivity index (χ2v) is 4.21. The monoisotopic (exact) mass is 251 g/mol. The predicted octanol–water partition coefficient (Wildman–Crippen LogP) is 2.82. The van der Waals surface area contributed by atoms with Crippen molar-refractivity contribution in [3.05, 3.63) is 47.5 Å². The Balaban J connectivity index is 1.90. The summed E-state index contributed by atoms with van der Waals surface area (Å²) in [5.74, 6) is 0. The molecule has 0 saturated heterocycles. The van der Waals surface area contributed by atoms with Crippen molar-refractivity contribution in [3.63, 3.8) is 0 Å². The van der Waals surface area contributed by atoms with Crippen LogP contribution >= 0.6 is 15.9 Å². The second kappa shape index (κ2) is 4.76. The van der Waals surface area contributed by atoms with Crippen LogP contribution in [-0.4, -0.2) is 23.3 Å². The van der Waals surface area contributed by atoms with E-state index in [0.717, 1.165) is 25.0 Å². The lowest BCUT2D eigenvalue weighted by Crippen LogP contribution is -2.20. The summed E-state index contributed by atoms with van der Waals surface area (Å²) in [5.41, 5.74) is 2.90. The summed E-state index contributed by atoms with van der Waals surface area (Å²) >= 11 is 3.49. The molecule has 0 saturated carbocycles. The Hall–Kier alpha value is -0.600. The van der Waals surface area contributed by atoms with Crippen LogP contribution in [0, 0.1) is 0 Å². The Morgan fingerprint density at radius 1 is 1.21 bits per heavy atom. The van der Waals surface area contributed by atoms with Gasteiger partial charge in [0.25, 0.3) is 0 Å². The van der Waals surface area contributed by atoms with Crippen LogP contribution in [-0.2, 0) is 6.54 Å². The van der Waals surface area contributed by atoms with E-state index >= 15 is 0 Å². The van der Waals surface area contributed by atoms with Crippen LogP contribution in [0.25, 0.3) is 0 Å². The van der Waals surface area contributed by atoms with E-state index in [-0.39, 0.29) is 0 Å². The summed E-state index contributed by atoms with van der Waals surface area (Å²) in [4.78, 5) is 2.45. The molecule has 0 N–H and O–H groups in total. The summed E-state index contributed by atoms with van der Waals surface area (Å²) in [6.07, 6.45) is 2.32. The molecule has 0 bridgehead atoms. The molecule has 0 radical (unpaired) electrons. The number of halogens is 1. The van der Waals surface area contributed by atoms with E-state index in [1.54, 1.807) is 0 Å². The van der Waals surface area contributed by atoms with Crippen LogP contribution < -0.4 is 0 Å². The van der Waals surface area contributed by atoms with Crippen LogP contribution in [0.5, 0.6) is 0 Å². The number of rotatable bonds is 3. The number of nitrogens with zero attached hydrogens (tertiary/aromatic N) is 1. The minimum Gasteiger partial charge on any atom is -0.291 e. The molecule has 0 unspecified atom stereocenters. The molecule has 0 atom stereocenters. The lowest BCUT2D eigenvalue weighted by Gasteiger charge is -2.15. The average Bonchev–Trinajstić information content (AvgIpc) is 2.67. The molecule has 0 fully saturated rings. The van der Waals surface area contributed by atoms with Crippen LogP contribution in [0.4, 0.5) is 0 Å². The number of alkyl halides is 1. The molecule has 14 heavy (non-hydrogen) atoms. The molecule has 1 heterocycles. The summed E-state index contributed by atoms with van der Waals surface area (Å²) < 4.78 is 0. The van der Waals surface area contributed by atoms with Gasteiger partial charge in [-0.15, -0.1) is 0 Å². The molecule has 74 valence electrons. The van der Waals surface area contributed by atoms with Crippen molar-refractivity contribution in [2.45, 2.75) is 6.54 Å². The van der Waals surface area contributed by atoms with Gasteiger partial charge in [0.1, 0.15) is 0 Å². The Labute approximate surface area is 93.6 Å². The highest BCUT2D eigenvalue weighted by Crippen LogP contribution is 2.14. The van der Waals surface area contributed by atoms with Gasteiger partial charge in [0.2, 0.25) is 0 Å². The Morgan fingerprint density at radius 3 is 2.64 bits per heavy atom. The lowest BCUT2D eigenvalue weighted by molar-refractivity contribution is 0.341. The van der Waals surface area contributed by atoms with Gasteiger partial charge in [0.05, 0.1) is 0 Å². The van der Waals surface area contributed by atoms with Gasteiger partial charge < -0.3 is 0 Å². The fraction of sp³-hybridized carbons (Fsp3) is 0.333. The zero-order valence-corrected chi connectivity index (χ0v) is 9.70. The van der Waals surface area contributed by atoms with E-state index in [4.69, 9.17) is 0 Å². The van der Waals surface area contributed by atoms with Gasteiger partial charge in [-0.3, -0.25) is 4.90 Å². The largest absolute Gasteiger partial charge is 0.291 e. The first-order valence-corrected chi connectivity index (χ1v) is 6.01. The predicted molar refractivity (Wildman–Crippen MR) is 63.6 cm³/mol. The van der Waals surface area contributed by atoms with Gasteiger partial charge in [-0.05, 0) is 11.1 Å². The maximum absolute atomic E-state index is 3.49. The van der Waals surface area contributed by atoms with E-state index in [1.165, 1.54) is 11.1 Å². The van der Waals surface area contributed by atoms with Crippen molar-refractivity contribution >= 4 is 15.9 Å². The second-order valence-electron chi connectivity index (χ2n) is 3.65. The van der Waals surface area contributed by atoms with Crippen molar-refractivity contribution in [2.75, 3.05) is 18.4 Å². The Bertz CT molecular complexity index is 318. The third kappa shape index (κ3) is 2.46. The molecule has 1 aromatic rings.